The second-order valence-corrected chi connectivity index (χ2v) is 6.76. The van der Waals surface area contributed by atoms with Crippen molar-refractivity contribution in [2.75, 3.05) is 26.2 Å². The Bertz CT molecular complexity index is 367. The molecule has 1 N–H and O–H groups in total. The van der Waals surface area contributed by atoms with E-state index >= 15 is 0 Å². The number of hydrogen-bond acceptors (Lipinski definition) is 2. The van der Waals surface area contributed by atoms with E-state index in [1.165, 1.54) is 31.6 Å². The fourth-order valence-corrected chi connectivity index (χ4v) is 2.71. The molecule has 1 heterocycles. The van der Waals surface area contributed by atoms with Gasteiger partial charge in [0.05, 0.1) is 0 Å². The number of hydrogen-bond donors (Lipinski definition) is 1. The van der Waals surface area contributed by atoms with Crippen LogP contribution in [-0.2, 0) is 6.42 Å². The highest BCUT2D eigenvalue weighted by atomic mass is 15.2. The van der Waals surface area contributed by atoms with E-state index in [4.69, 9.17) is 0 Å². The molecule has 0 amide bonds. The Labute approximate surface area is 118 Å². The van der Waals surface area contributed by atoms with Crippen LogP contribution in [0.25, 0.3) is 0 Å². The molecule has 0 aliphatic carbocycles. The summed E-state index contributed by atoms with van der Waals surface area (Å²) in [5.74, 6) is 0. The van der Waals surface area contributed by atoms with Crippen LogP contribution in [0.4, 0.5) is 0 Å². The SMILES string of the molecule is CC(C)(C)C1CN(CCc2ccccc2)CCCN1. The molecule has 0 radical (unpaired) electrons. The van der Waals surface area contributed by atoms with Crippen molar-refractivity contribution < 1.29 is 0 Å². The Morgan fingerprint density at radius 3 is 2.63 bits per heavy atom. The fourth-order valence-electron chi connectivity index (χ4n) is 2.71. The van der Waals surface area contributed by atoms with Gasteiger partial charge in [-0.2, -0.15) is 0 Å². The maximum atomic E-state index is 3.71. The van der Waals surface area contributed by atoms with E-state index in [1.807, 2.05) is 0 Å². The van der Waals surface area contributed by atoms with Crippen molar-refractivity contribution in [1.82, 2.24) is 10.2 Å². The second-order valence-electron chi connectivity index (χ2n) is 6.76. The van der Waals surface area contributed by atoms with Crippen LogP contribution in [0.1, 0.15) is 32.8 Å². The summed E-state index contributed by atoms with van der Waals surface area (Å²) in [5, 5.41) is 3.71. The molecule has 1 saturated heterocycles. The van der Waals surface area contributed by atoms with Gasteiger partial charge in [-0.15, -0.1) is 0 Å². The molecule has 106 valence electrons. The smallest absolute Gasteiger partial charge is 0.0243 e. The molecule has 0 spiro atoms. The minimum Gasteiger partial charge on any atom is -0.312 e. The van der Waals surface area contributed by atoms with E-state index < -0.39 is 0 Å². The van der Waals surface area contributed by atoms with E-state index in [1.54, 1.807) is 0 Å². The molecule has 1 aliphatic rings. The molecule has 1 aromatic rings. The summed E-state index contributed by atoms with van der Waals surface area (Å²) in [6, 6.07) is 11.4. The number of rotatable bonds is 3. The van der Waals surface area contributed by atoms with Crippen LogP contribution in [0.5, 0.6) is 0 Å². The normalized spacial score (nSPS) is 22.2. The molecule has 19 heavy (non-hydrogen) atoms. The summed E-state index contributed by atoms with van der Waals surface area (Å²) in [6.45, 7) is 11.8. The van der Waals surface area contributed by atoms with Gasteiger partial charge in [0.15, 0.2) is 0 Å². The lowest BCUT2D eigenvalue weighted by molar-refractivity contribution is 0.198. The van der Waals surface area contributed by atoms with Gasteiger partial charge in [0.1, 0.15) is 0 Å². The van der Waals surface area contributed by atoms with Crippen molar-refractivity contribution in [3.63, 3.8) is 0 Å². The monoisotopic (exact) mass is 260 g/mol. The lowest BCUT2D eigenvalue weighted by Crippen LogP contribution is -2.46. The van der Waals surface area contributed by atoms with Crippen LogP contribution in [0.3, 0.4) is 0 Å². The Balaban J connectivity index is 1.88. The minimum absolute atomic E-state index is 0.343. The summed E-state index contributed by atoms with van der Waals surface area (Å²) in [4.78, 5) is 2.63. The van der Waals surface area contributed by atoms with E-state index in [9.17, 15) is 0 Å². The molecule has 1 aromatic carbocycles. The Hall–Kier alpha value is -0.860. The van der Waals surface area contributed by atoms with E-state index in [0.29, 0.717) is 11.5 Å². The Kier molecular flexibility index (Phi) is 5.00. The van der Waals surface area contributed by atoms with Gasteiger partial charge in [0.25, 0.3) is 0 Å². The fraction of sp³-hybridized carbons (Fsp3) is 0.647. The lowest BCUT2D eigenvalue weighted by Gasteiger charge is -2.33. The molecule has 1 unspecified atom stereocenters. The van der Waals surface area contributed by atoms with Gasteiger partial charge in [-0.05, 0) is 36.9 Å². The average molecular weight is 260 g/mol. The van der Waals surface area contributed by atoms with Crippen LogP contribution in [-0.4, -0.2) is 37.1 Å². The van der Waals surface area contributed by atoms with Crippen LogP contribution in [0.2, 0.25) is 0 Å². The van der Waals surface area contributed by atoms with Gasteiger partial charge < -0.3 is 10.2 Å². The molecule has 2 rings (SSSR count). The molecule has 1 atom stereocenters. The van der Waals surface area contributed by atoms with Gasteiger partial charge in [0.2, 0.25) is 0 Å². The highest BCUT2D eigenvalue weighted by Crippen LogP contribution is 2.21. The number of benzene rings is 1. The molecule has 0 bridgehead atoms. The quantitative estimate of drug-likeness (QED) is 0.899. The van der Waals surface area contributed by atoms with Crippen molar-refractivity contribution >= 4 is 0 Å². The molecule has 0 aromatic heterocycles. The summed E-state index contributed by atoms with van der Waals surface area (Å²) in [5.41, 5.74) is 1.79. The summed E-state index contributed by atoms with van der Waals surface area (Å²) >= 11 is 0. The maximum Gasteiger partial charge on any atom is 0.0243 e. The average Bonchev–Trinajstić information content (AvgIpc) is 2.62. The zero-order valence-electron chi connectivity index (χ0n) is 12.7. The van der Waals surface area contributed by atoms with Crippen LogP contribution in [0.15, 0.2) is 30.3 Å². The van der Waals surface area contributed by atoms with Crippen molar-refractivity contribution in [2.24, 2.45) is 5.41 Å². The summed E-state index contributed by atoms with van der Waals surface area (Å²) in [6.07, 6.45) is 2.43. The minimum atomic E-state index is 0.343. The first kappa shape index (κ1) is 14.5. The van der Waals surface area contributed by atoms with Gasteiger partial charge in [0, 0.05) is 19.1 Å². The molecule has 0 saturated carbocycles. The third-order valence-corrected chi connectivity index (χ3v) is 4.09. The third-order valence-electron chi connectivity index (χ3n) is 4.09. The topological polar surface area (TPSA) is 15.3 Å². The van der Waals surface area contributed by atoms with E-state index in [-0.39, 0.29) is 0 Å². The summed E-state index contributed by atoms with van der Waals surface area (Å²) in [7, 11) is 0. The zero-order valence-corrected chi connectivity index (χ0v) is 12.7. The highest BCUT2D eigenvalue weighted by molar-refractivity contribution is 5.14. The van der Waals surface area contributed by atoms with Crippen molar-refractivity contribution in [3.05, 3.63) is 35.9 Å². The van der Waals surface area contributed by atoms with Crippen molar-refractivity contribution in [2.45, 2.75) is 39.7 Å². The van der Waals surface area contributed by atoms with Crippen LogP contribution in [0, 0.1) is 5.41 Å². The van der Waals surface area contributed by atoms with Gasteiger partial charge in [-0.1, -0.05) is 51.1 Å². The predicted octanol–water partition coefficient (Wildman–Crippen LogP) is 2.94. The van der Waals surface area contributed by atoms with Gasteiger partial charge >= 0.3 is 0 Å². The summed E-state index contributed by atoms with van der Waals surface area (Å²) < 4.78 is 0. The first-order valence-corrected chi connectivity index (χ1v) is 7.55. The van der Waals surface area contributed by atoms with Crippen molar-refractivity contribution in [3.8, 4) is 0 Å². The molecular formula is C17H28N2. The molecular weight excluding hydrogens is 232 g/mol. The van der Waals surface area contributed by atoms with Crippen LogP contribution >= 0.6 is 0 Å². The third kappa shape index (κ3) is 4.63. The Morgan fingerprint density at radius 2 is 1.95 bits per heavy atom. The predicted molar refractivity (Wildman–Crippen MR) is 82.4 cm³/mol. The van der Waals surface area contributed by atoms with Gasteiger partial charge in [-0.25, -0.2) is 0 Å². The van der Waals surface area contributed by atoms with E-state index in [0.717, 1.165) is 13.0 Å². The molecule has 1 aliphatic heterocycles. The highest BCUT2D eigenvalue weighted by Gasteiger charge is 2.27. The molecule has 2 nitrogen and oxygen atoms in total. The molecule has 2 heteroatoms. The largest absolute Gasteiger partial charge is 0.312 e. The first-order valence-electron chi connectivity index (χ1n) is 7.55. The maximum absolute atomic E-state index is 3.71. The number of nitrogens with zero attached hydrogens (tertiary/aromatic N) is 1. The van der Waals surface area contributed by atoms with E-state index in [2.05, 4.69) is 61.3 Å². The zero-order chi connectivity index (χ0) is 13.7. The molecule has 1 fully saturated rings. The van der Waals surface area contributed by atoms with Crippen molar-refractivity contribution in [1.29, 1.82) is 0 Å². The number of nitrogens with one attached hydrogen (secondary N) is 1. The standard InChI is InChI=1S/C17H28N2/c1-17(2,3)16-14-19(12-7-11-18-16)13-10-15-8-5-4-6-9-15/h4-6,8-9,16,18H,7,10-14H2,1-3H3. The second kappa shape index (κ2) is 6.53. The lowest BCUT2D eigenvalue weighted by atomic mass is 9.86. The van der Waals surface area contributed by atoms with Gasteiger partial charge in [-0.3, -0.25) is 0 Å². The Morgan fingerprint density at radius 1 is 1.21 bits per heavy atom. The van der Waals surface area contributed by atoms with Crippen LogP contribution < -0.4 is 5.32 Å². The first-order chi connectivity index (χ1) is 9.05.